The van der Waals surface area contributed by atoms with Crippen LogP contribution in [0.4, 0.5) is 5.69 Å². The minimum absolute atomic E-state index is 0.0518. The van der Waals surface area contributed by atoms with Crippen molar-refractivity contribution >= 4 is 15.5 Å². The van der Waals surface area contributed by atoms with Gasteiger partial charge in [-0.1, -0.05) is 12.1 Å². The van der Waals surface area contributed by atoms with E-state index in [1.54, 1.807) is 0 Å². The lowest BCUT2D eigenvalue weighted by atomic mass is 9.96. The van der Waals surface area contributed by atoms with E-state index in [2.05, 4.69) is 6.07 Å². The summed E-state index contributed by atoms with van der Waals surface area (Å²) in [5, 5.41) is 9.94. The van der Waals surface area contributed by atoms with Gasteiger partial charge in [0.25, 0.3) is 0 Å². The average Bonchev–Trinajstić information content (AvgIpc) is 2.63. The Balaban J connectivity index is 1.85. The number of nitrogens with zero attached hydrogens (tertiary/aromatic N) is 1. The highest BCUT2D eigenvalue weighted by atomic mass is 32.2. The van der Waals surface area contributed by atoms with Crippen LogP contribution in [0.1, 0.15) is 11.1 Å². The van der Waals surface area contributed by atoms with Crippen LogP contribution in [-0.2, 0) is 22.8 Å². The number of rotatable bonds is 1. The number of nitrogens with two attached hydrogens (primary N) is 1. The van der Waals surface area contributed by atoms with E-state index in [1.807, 2.05) is 17.0 Å². The fourth-order valence-electron chi connectivity index (χ4n) is 3.07. The van der Waals surface area contributed by atoms with Crippen molar-refractivity contribution in [1.29, 1.82) is 0 Å². The van der Waals surface area contributed by atoms with Gasteiger partial charge >= 0.3 is 0 Å². The molecule has 0 bridgehead atoms. The number of sulfone groups is 1. The molecule has 1 aromatic carbocycles. The molecule has 0 saturated carbocycles. The van der Waals surface area contributed by atoms with Crippen molar-refractivity contribution < 1.29 is 13.5 Å². The summed E-state index contributed by atoms with van der Waals surface area (Å²) in [6, 6.07) is 5.58. The second kappa shape index (κ2) is 4.47. The molecule has 2 aliphatic rings. The van der Waals surface area contributed by atoms with Crippen LogP contribution in [0.3, 0.4) is 0 Å². The highest BCUT2D eigenvalue weighted by Crippen LogP contribution is 2.28. The normalized spacial score (nSPS) is 30.2. The van der Waals surface area contributed by atoms with Crippen molar-refractivity contribution in [1.82, 2.24) is 4.90 Å². The van der Waals surface area contributed by atoms with Crippen LogP contribution in [0.15, 0.2) is 18.2 Å². The molecule has 2 aliphatic heterocycles. The Labute approximate surface area is 112 Å². The molecule has 5 nitrogen and oxygen atoms in total. The Morgan fingerprint density at radius 1 is 1.32 bits per heavy atom. The maximum atomic E-state index is 11.6. The van der Waals surface area contributed by atoms with Gasteiger partial charge in [-0.15, -0.1) is 0 Å². The van der Waals surface area contributed by atoms with Crippen molar-refractivity contribution in [3.63, 3.8) is 0 Å². The number of aliphatic hydroxyl groups excluding tert-OH is 1. The van der Waals surface area contributed by atoms with Crippen molar-refractivity contribution in [2.75, 3.05) is 23.8 Å². The van der Waals surface area contributed by atoms with Crippen LogP contribution in [0.25, 0.3) is 0 Å². The minimum Gasteiger partial charge on any atom is -0.398 e. The number of aliphatic hydroxyl groups is 1. The van der Waals surface area contributed by atoms with E-state index in [0.717, 1.165) is 24.2 Å². The standard InChI is InChI=1S/C13H18N2O3S/c14-11-3-1-2-9-4-5-15(6-10(9)11)12-7-19(17,18)8-13(12)16/h1-3,12-13,16H,4-8,14H2. The SMILES string of the molecule is Nc1cccc2c1CN(C1CS(=O)(=O)CC1O)CC2. The first kappa shape index (κ1) is 12.9. The first-order valence-corrected chi connectivity index (χ1v) is 8.27. The van der Waals surface area contributed by atoms with E-state index >= 15 is 0 Å². The molecule has 0 aromatic heterocycles. The van der Waals surface area contributed by atoms with Crippen LogP contribution in [0.2, 0.25) is 0 Å². The Morgan fingerprint density at radius 3 is 2.79 bits per heavy atom. The molecule has 6 heteroatoms. The summed E-state index contributed by atoms with van der Waals surface area (Å²) in [5.41, 5.74) is 9.03. The molecule has 0 amide bonds. The Hall–Kier alpha value is -1.11. The topological polar surface area (TPSA) is 83.6 Å². The molecule has 19 heavy (non-hydrogen) atoms. The molecular formula is C13H18N2O3S. The highest BCUT2D eigenvalue weighted by molar-refractivity contribution is 7.91. The Morgan fingerprint density at radius 2 is 2.11 bits per heavy atom. The van der Waals surface area contributed by atoms with Crippen LogP contribution in [-0.4, -0.2) is 48.6 Å². The predicted molar refractivity (Wildman–Crippen MR) is 73.4 cm³/mol. The van der Waals surface area contributed by atoms with Gasteiger partial charge in [-0.2, -0.15) is 0 Å². The van der Waals surface area contributed by atoms with E-state index < -0.39 is 15.9 Å². The Bertz CT molecular complexity index is 600. The van der Waals surface area contributed by atoms with E-state index in [-0.39, 0.29) is 17.5 Å². The van der Waals surface area contributed by atoms with E-state index in [1.165, 1.54) is 5.56 Å². The van der Waals surface area contributed by atoms with Gasteiger partial charge in [-0.05, 0) is 23.6 Å². The molecule has 2 heterocycles. The molecule has 3 rings (SSSR count). The average molecular weight is 282 g/mol. The predicted octanol–water partition coefficient (Wildman–Crippen LogP) is -0.215. The van der Waals surface area contributed by atoms with Gasteiger partial charge in [0.2, 0.25) is 0 Å². The van der Waals surface area contributed by atoms with Crippen LogP contribution >= 0.6 is 0 Å². The fourth-order valence-corrected chi connectivity index (χ4v) is 4.90. The molecule has 0 aliphatic carbocycles. The van der Waals surface area contributed by atoms with E-state index in [9.17, 15) is 13.5 Å². The quantitative estimate of drug-likeness (QED) is 0.696. The molecule has 1 fully saturated rings. The number of fused-ring (bicyclic) bond motifs is 1. The Kier molecular flexibility index (Phi) is 3.03. The maximum absolute atomic E-state index is 11.6. The summed E-state index contributed by atoms with van der Waals surface area (Å²) in [5.74, 6) is -0.0679. The minimum atomic E-state index is -3.10. The van der Waals surface area contributed by atoms with Crippen molar-refractivity contribution in [3.8, 4) is 0 Å². The van der Waals surface area contributed by atoms with Gasteiger partial charge in [0, 0.05) is 18.8 Å². The largest absolute Gasteiger partial charge is 0.398 e. The number of anilines is 1. The number of hydrogen-bond donors (Lipinski definition) is 2. The summed E-state index contributed by atoms with van der Waals surface area (Å²) in [6.45, 7) is 1.40. The zero-order chi connectivity index (χ0) is 13.6. The van der Waals surface area contributed by atoms with Crippen LogP contribution < -0.4 is 5.73 Å². The van der Waals surface area contributed by atoms with Crippen molar-refractivity contribution in [3.05, 3.63) is 29.3 Å². The highest BCUT2D eigenvalue weighted by Gasteiger charge is 2.40. The number of nitrogen functional groups attached to an aromatic ring is 1. The van der Waals surface area contributed by atoms with Gasteiger partial charge < -0.3 is 10.8 Å². The van der Waals surface area contributed by atoms with Gasteiger partial charge in [-0.25, -0.2) is 8.42 Å². The summed E-state index contributed by atoms with van der Waals surface area (Å²) < 4.78 is 23.2. The summed E-state index contributed by atoms with van der Waals surface area (Å²) in [6.07, 6.45) is 0.0698. The van der Waals surface area contributed by atoms with Crippen LogP contribution in [0, 0.1) is 0 Å². The molecule has 2 atom stereocenters. The maximum Gasteiger partial charge on any atom is 0.154 e. The molecular weight excluding hydrogens is 264 g/mol. The summed E-state index contributed by atoms with van der Waals surface area (Å²) >= 11 is 0. The third-order valence-corrected chi connectivity index (χ3v) is 5.80. The zero-order valence-electron chi connectivity index (χ0n) is 10.6. The van der Waals surface area contributed by atoms with E-state index in [4.69, 9.17) is 5.73 Å². The molecule has 104 valence electrons. The molecule has 1 saturated heterocycles. The van der Waals surface area contributed by atoms with E-state index in [0.29, 0.717) is 6.54 Å². The van der Waals surface area contributed by atoms with Gasteiger partial charge in [0.05, 0.1) is 23.7 Å². The van der Waals surface area contributed by atoms with Gasteiger partial charge in [0.15, 0.2) is 9.84 Å². The molecule has 2 unspecified atom stereocenters. The van der Waals surface area contributed by atoms with Gasteiger partial charge in [0.1, 0.15) is 0 Å². The molecule has 3 N–H and O–H groups in total. The summed E-state index contributed by atoms with van der Waals surface area (Å²) in [4.78, 5) is 2.05. The number of hydrogen-bond acceptors (Lipinski definition) is 5. The molecule has 0 spiro atoms. The monoisotopic (exact) mass is 282 g/mol. The third-order valence-electron chi connectivity index (χ3n) is 4.10. The smallest absolute Gasteiger partial charge is 0.154 e. The lowest BCUT2D eigenvalue weighted by Crippen LogP contribution is -2.45. The first-order chi connectivity index (χ1) is 8.96. The van der Waals surface area contributed by atoms with Crippen molar-refractivity contribution in [2.45, 2.75) is 25.1 Å². The van der Waals surface area contributed by atoms with Crippen molar-refractivity contribution in [2.24, 2.45) is 0 Å². The summed E-state index contributed by atoms with van der Waals surface area (Å²) in [7, 11) is -3.10. The zero-order valence-corrected chi connectivity index (χ0v) is 11.4. The second-order valence-corrected chi connectivity index (χ2v) is 7.57. The number of benzene rings is 1. The molecule has 0 radical (unpaired) electrons. The lowest BCUT2D eigenvalue weighted by Gasteiger charge is -2.34. The first-order valence-electron chi connectivity index (χ1n) is 6.45. The second-order valence-electron chi connectivity index (χ2n) is 5.42. The molecule has 1 aromatic rings. The fraction of sp³-hybridized carbons (Fsp3) is 0.538. The lowest BCUT2D eigenvalue weighted by molar-refractivity contribution is 0.0749. The van der Waals surface area contributed by atoms with Crippen LogP contribution in [0.5, 0.6) is 0 Å². The third kappa shape index (κ3) is 2.35. The van der Waals surface area contributed by atoms with Gasteiger partial charge in [-0.3, -0.25) is 4.90 Å².